The Kier molecular flexibility index (Phi) is 4.05. The second-order valence-electron chi connectivity index (χ2n) is 4.35. The second kappa shape index (κ2) is 4.93. The zero-order valence-electron chi connectivity index (χ0n) is 10.3. The minimum Gasteiger partial charge on any atom is -0.383 e. The molecule has 0 aliphatic rings. The van der Waals surface area contributed by atoms with E-state index in [1.165, 1.54) is 6.07 Å². The fraction of sp³-hybridized carbons (Fsp3) is 0.538. The van der Waals surface area contributed by atoms with Crippen molar-refractivity contribution in [3.05, 3.63) is 34.6 Å². The molecule has 0 saturated carbocycles. The van der Waals surface area contributed by atoms with Gasteiger partial charge in [0.05, 0.1) is 6.61 Å². The molecule has 0 aliphatic carbocycles. The van der Waals surface area contributed by atoms with E-state index in [1.807, 2.05) is 19.9 Å². The molecule has 16 heavy (non-hydrogen) atoms. The van der Waals surface area contributed by atoms with Gasteiger partial charge in [0.25, 0.3) is 0 Å². The number of benzene rings is 1. The van der Waals surface area contributed by atoms with Crippen molar-refractivity contribution in [2.75, 3.05) is 13.2 Å². The fourth-order valence-corrected chi connectivity index (χ4v) is 1.97. The lowest BCUT2D eigenvalue weighted by molar-refractivity contribution is -0.0369. The minimum absolute atomic E-state index is 0.102. The Morgan fingerprint density at radius 2 is 2.00 bits per heavy atom. The van der Waals surface area contributed by atoms with Crippen LogP contribution in [0.4, 0.5) is 4.39 Å². The molecular weight excluding hydrogens is 207 g/mol. The van der Waals surface area contributed by atoms with Gasteiger partial charge in [-0.25, -0.2) is 4.39 Å². The first-order valence-electron chi connectivity index (χ1n) is 5.46. The molecule has 1 unspecified atom stereocenters. The van der Waals surface area contributed by atoms with Crippen LogP contribution in [0.25, 0.3) is 0 Å². The van der Waals surface area contributed by atoms with Gasteiger partial charge in [0.2, 0.25) is 0 Å². The lowest BCUT2D eigenvalue weighted by Crippen LogP contribution is -2.30. The Labute approximate surface area is 96.1 Å². The normalized spacial score (nSPS) is 14.9. The van der Waals surface area contributed by atoms with Crippen LogP contribution in [0.15, 0.2) is 12.1 Å². The van der Waals surface area contributed by atoms with Crippen LogP contribution in [-0.2, 0) is 10.3 Å². The predicted octanol–water partition coefficient (Wildman–Crippen LogP) is 2.69. The molecule has 0 aliphatic heterocycles. The highest BCUT2D eigenvalue weighted by atomic mass is 19.1. The zero-order valence-corrected chi connectivity index (χ0v) is 10.3. The van der Waals surface area contributed by atoms with Crippen LogP contribution >= 0.6 is 0 Å². The highest BCUT2D eigenvalue weighted by Crippen LogP contribution is 2.28. The number of halogens is 1. The first kappa shape index (κ1) is 13.1. The highest BCUT2D eigenvalue weighted by Gasteiger charge is 2.28. The summed E-state index contributed by atoms with van der Waals surface area (Å²) in [4.78, 5) is 0. The zero-order chi connectivity index (χ0) is 12.3. The van der Waals surface area contributed by atoms with Gasteiger partial charge < -0.3 is 9.84 Å². The first-order valence-corrected chi connectivity index (χ1v) is 5.46. The maximum Gasteiger partial charge on any atom is 0.129 e. The Bertz CT molecular complexity index is 349. The fourth-order valence-electron chi connectivity index (χ4n) is 1.97. The summed E-state index contributed by atoms with van der Waals surface area (Å²) in [6.45, 7) is 7.65. The summed E-state index contributed by atoms with van der Waals surface area (Å²) >= 11 is 0. The van der Waals surface area contributed by atoms with Gasteiger partial charge in [0.1, 0.15) is 11.4 Å². The summed E-state index contributed by atoms with van der Waals surface area (Å²) in [6.07, 6.45) is 0. The topological polar surface area (TPSA) is 29.5 Å². The van der Waals surface area contributed by atoms with Gasteiger partial charge in [-0.1, -0.05) is 6.07 Å². The van der Waals surface area contributed by atoms with Crippen LogP contribution in [0, 0.1) is 19.7 Å². The maximum absolute atomic E-state index is 13.8. The van der Waals surface area contributed by atoms with Crippen molar-refractivity contribution in [2.24, 2.45) is 0 Å². The smallest absolute Gasteiger partial charge is 0.129 e. The Hall–Kier alpha value is -0.930. The third-order valence-corrected chi connectivity index (χ3v) is 2.56. The number of hydrogen-bond acceptors (Lipinski definition) is 2. The first-order chi connectivity index (χ1) is 7.38. The van der Waals surface area contributed by atoms with E-state index in [0.29, 0.717) is 12.2 Å². The molecule has 2 nitrogen and oxygen atoms in total. The Balaban J connectivity index is 3.11. The van der Waals surface area contributed by atoms with Gasteiger partial charge in [0.15, 0.2) is 0 Å². The highest BCUT2D eigenvalue weighted by molar-refractivity contribution is 5.35. The van der Waals surface area contributed by atoms with Crippen LogP contribution in [0.3, 0.4) is 0 Å². The SMILES string of the molecule is CCOCC(C)(O)c1c(C)cc(C)cc1F. The molecule has 3 heteroatoms. The molecule has 0 amide bonds. The quantitative estimate of drug-likeness (QED) is 0.855. The molecule has 1 N–H and O–H groups in total. The second-order valence-corrected chi connectivity index (χ2v) is 4.35. The monoisotopic (exact) mass is 226 g/mol. The van der Waals surface area contributed by atoms with E-state index in [-0.39, 0.29) is 12.4 Å². The van der Waals surface area contributed by atoms with E-state index < -0.39 is 5.60 Å². The van der Waals surface area contributed by atoms with Crippen molar-refractivity contribution < 1.29 is 14.2 Å². The van der Waals surface area contributed by atoms with E-state index in [4.69, 9.17) is 4.74 Å². The summed E-state index contributed by atoms with van der Waals surface area (Å²) in [6, 6.07) is 3.29. The Morgan fingerprint density at radius 3 is 2.50 bits per heavy atom. The summed E-state index contributed by atoms with van der Waals surface area (Å²) in [5.74, 6) is -0.373. The van der Waals surface area contributed by atoms with Crippen LogP contribution in [0.2, 0.25) is 0 Å². The predicted molar refractivity (Wildman–Crippen MR) is 61.9 cm³/mol. The number of hydrogen-bond donors (Lipinski definition) is 1. The summed E-state index contributed by atoms with van der Waals surface area (Å²) in [5, 5.41) is 10.2. The molecule has 0 radical (unpaired) electrons. The third-order valence-electron chi connectivity index (χ3n) is 2.56. The molecular formula is C13H19FO2. The van der Waals surface area contributed by atoms with Gasteiger partial charge >= 0.3 is 0 Å². The summed E-state index contributed by atoms with van der Waals surface area (Å²) < 4.78 is 19.0. The number of aliphatic hydroxyl groups is 1. The minimum atomic E-state index is -1.28. The van der Waals surface area contributed by atoms with E-state index >= 15 is 0 Å². The molecule has 0 aromatic heterocycles. The van der Waals surface area contributed by atoms with Crippen LogP contribution < -0.4 is 0 Å². The average molecular weight is 226 g/mol. The van der Waals surface area contributed by atoms with E-state index in [2.05, 4.69) is 0 Å². The molecule has 0 spiro atoms. The van der Waals surface area contributed by atoms with Gasteiger partial charge in [-0.15, -0.1) is 0 Å². The molecule has 1 atom stereocenters. The largest absolute Gasteiger partial charge is 0.383 e. The third kappa shape index (κ3) is 2.80. The van der Waals surface area contributed by atoms with E-state index in [9.17, 15) is 9.50 Å². The lowest BCUT2D eigenvalue weighted by Gasteiger charge is -2.26. The van der Waals surface area contributed by atoms with Gasteiger partial charge in [0, 0.05) is 12.2 Å². The van der Waals surface area contributed by atoms with Crippen molar-refractivity contribution >= 4 is 0 Å². The van der Waals surface area contributed by atoms with Crippen molar-refractivity contribution in [3.8, 4) is 0 Å². The summed E-state index contributed by atoms with van der Waals surface area (Å²) in [7, 11) is 0. The molecule has 0 bridgehead atoms. The molecule has 90 valence electrons. The van der Waals surface area contributed by atoms with Crippen LogP contribution in [-0.4, -0.2) is 18.3 Å². The Morgan fingerprint density at radius 1 is 1.38 bits per heavy atom. The summed E-state index contributed by atoms with van der Waals surface area (Å²) in [5.41, 5.74) is 0.650. The average Bonchev–Trinajstić information content (AvgIpc) is 2.12. The lowest BCUT2D eigenvalue weighted by atomic mass is 9.91. The van der Waals surface area contributed by atoms with Crippen molar-refractivity contribution in [1.29, 1.82) is 0 Å². The molecule has 0 saturated heterocycles. The molecule has 0 fully saturated rings. The molecule has 1 aromatic carbocycles. The number of aryl methyl sites for hydroxylation is 2. The van der Waals surface area contributed by atoms with Crippen molar-refractivity contribution in [2.45, 2.75) is 33.3 Å². The molecule has 1 aromatic rings. The molecule has 0 heterocycles. The number of rotatable bonds is 4. The van der Waals surface area contributed by atoms with E-state index in [1.54, 1.807) is 13.8 Å². The van der Waals surface area contributed by atoms with Crippen molar-refractivity contribution in [3.63, 3.8) is 0 Å². The van der Waals surface area contributed by atoms with Crippen molar-refractivity contribution in [1.82, 2.24) is 0 Å². The maximum atomic E-state index is 13.8. The van der Waals surface area contributed by atoms with Gasteiger partial charge in [-0.3, -0.25) is 0 Å². The van der Waals surface area contributed by atoms with Gasteiger partial charge in [-0.2, -0.15) is 0 Å². The number of ether oxygens (including phenoxy) is 1. The van der Waals surface area contributed by atoms with Gasteiger partial charge in [-0.05, 0) is 44.9 Å². The van der Waals surface area contributed by atoms with Crippen LogP contribution in [0.1, 0.15) is 30.5 Å². The van der Waals surface area contributed by atoms with E-state index in [0.717, 1.165) is 11.1 Å². The van der Waals surface area contributed by atoms with Crippen LogP contribution in [0.5, 0.6) is 0 Å². The standard InChI is InChI=1S/C13H19FO2/c1-5-16-8-13(4,15)12-10(3)6-9(2)7-11(12)14/h6-7,15H,5,8H2,1-4H3. The molecule has 1 rings (SSSR count).